The number of hydrogen-bond acceptors (Lipinski definition) is 7. The van der Waals surface area contributed by atoms with Gasteiger partial charge in [0.25, 0.3) is 0 Å². The lowest BCUT2D eigenvalue weighted by molar-refractivity contribution is 0.216. The number of aromatic nitrogens is 2. The molecule has 0 saturated carbocycles. The number of thiophene rings is 1. The van der Waals surface area contributed by atoms with E-state index in [-0.39, 0.29) is 0 Å². The first-order valence-corrected chi connectivity index (χ1v) is 13.6. The van der Waals surface area contributed by atoms with Gasteiger partial charge >= 0.3 is 0 Å². The molecule has 6 rings (SSSR count). The number of likely N-dealkylation sites (tertiary alicyclic amines) is 1. The van der Waals surface area contributed by atoms with E-state index in [1.165, 1.54) is 70.3 Å². The van der Waals surface area contributed by atoms with Crippen LogP contribution in [0, 0.1) is 0 Å². The number of anilines is 1. The third kappa shape index (κ3) is 4.03. The predicted octanol–water partition coefficient (Wildman–Crippen LogP) is 5.14. The Balaban J connectivity index is 1.40. The van der Waals surface area contributed by atoms with Gasteiger partial charge in [-0.2, -0.15) is 0 Å². The smallest absolute Gasteiger partial charge is 0.161 e. The summed E-state index contributed by atoms with van der Waals surface area (Å²) >= 11 is 1.92. The first-order valence-electron chi connectivity index (χ1n) is 12.8. The number of aryl methyl sites for hydroxylation is 2. The normalized spacial score (nSPS) is 18.6. The van der Waals surface area contributed by atoms with E-state index in [9.17, 15) is 0 Å². The van der Waals surface area contributed by atoms with Crippen LogP contribution in [0.5, 0.6) is 11.5 Å². The minimum absolute atomic E-state index is 0.801. The average molecular weight is 479 g/mol. The fraction of sp³-hybridized carbons (Fsp3) is 0.556. The molecule has 1 saturated heterocycles. The van der Waals surface area contributed by atoms with Crippen molar-refractivity contribution in [2.75, 3.05) is 38.8 Å². The van der Waals surface area contributed by atoms with Crippen molar-refractivity contribution in [2.45, 2.75) is 64.5 Å². The van der Waals surface area contributed by atoms with Crippen molar-refractivity contribution in [3.8, 4) is 11.5 Å². The number of hydrogen-bond donors (Lipinski definition) is 0. The Kier molecular flexibility index (Phi) is 6.08. The van der Waals surface area contributed by atoms with Gasteiger partial charge in [0.1, 0.15) is 16.5 Å². The molecule has 34 heavy (non-hydrogen) atoms. The van der Waals surface area contributed by atoms with Crippen LogP contribution in [0.1, 0.15) is 59.5 Å². The average Bonchev–Trinajstić information content (AvgIpc) is 3.26. The summed E-state index contributed by atoms with van der Waals surface area (Å²) in [6.45, 7) is 4.99. The molecule has 4 heterocycles. The van der Waals surface area contributed by atoms with Crippen LogP contribution >= 0.6 is 11.3 Å². The summed E-state index contributed by atoms with van der Waals surface area (Å²) in [6, 6.07) is 4.30. The molecule has 6 nitrogen and oxygen atoms in total. The molecule has 0 N–H and O–H groups in total. The van der Waals surface area contributed by atoms with Crippen molar-refractivity contribution in [1.82, 2.24) is 14.9 Å². The lowest BCUT2D eigenvalue weighted by Crippen LogP contribution is -2.33. The molecule has 1 aliphatic carbocycles. The first kappa shape index (κ1) is 22.1. The van der Waals surface area contributed by atoms with E-state index in [1.807, 2.05) is 11.3 Å². The summed E-state index contributed by atoms with van der Waals surface area (Å²) in [5, 5.41) is 1.33. The minimum atomic E-state index is 0.801. The van der Waals surface area contributed by atoms with Gasteiger partial charge in [-0.15, -0.1) is 11.3 Å². The second-order valence-corrected chi connectivity index (χ2v) is 10.9. The molecule has 1 aromatic carbocycles. The summed E-state index contributed by atoms with van der Waals surface area (Å²) in [5.41, 5.74) is 4.17. The van der Waals surface area contributed by atoms with Gasteiger partial charge in [0, 0.05) is 18.0 Å². The molecule has 3 aliphatic rings. The van der Waals surface area contributed by atoms with Crippen molar-refractivity contribution in [1.29, 1.82) is 0 Å². The molecule has 2 aromatic heterocycles. The minimum Gasteiger partial charge on any atom is -0.493 e. The Morgan fingerprint density at radius 2 is 1.62 bits per heavy atom. The highest BCUT2D eigenvalue weighted by Gasteiger charge is 2.27. The zero-order chi connectivity index (χ0) is 23.1. The molecule has 0 amide bonds. The molecule has 2 aliphatic heterocycles. The molecule has 0 spiro atoms. The Morgan fingerprint density at radius 1 is 0.853 bits per heavy atom. The highest BCUT2D eigenvalue weighted by atomic mass is 32.1. The van der Waals surface area contributed by atoms with E-state index < -0.39 is 0 Å². The Morgan fingerprint density at radius 3 is 2.41 bits per heavy atom. The van der Waals surface area contributed by atoms with E-state index >= 15 is 0 Å². The second kappa shape index (κ2) is 9.34. The van der Waals surface area contributed by atoms with E-state index in [0.29, 0.717) is 0 Å². The summed E-state index contributed by atoms with van der Waals surface area (Å²) < 4.78 is 11.2. The van der Waals surface area contributed by atoms with Gasteiger partial charge in [-0.3, -0.25) is 4.90 Å². The van der Waals surface area contributed by atoms with Gasteiger partial charge in [0.05, 0.1) is 26.2 Å². The molecular formula is C27H34N4O2S. The largest absolute Gasteiger partial charge is 0.493 e. The van der Waals surface area contributed by atoms with Crippen LogP contribution in [0.2, 0.25) is 0 Å². The van der Waals surface area contributed by atoms with Gasteiger partial charge in [-0.25, -0.2) is 9.97 Å². The number of methoxy groups -OCH3 is 2. The third-order valence-corrected chi connectivity index (χ3v) is 8.86. The van der Waals surface area contributed by atoms with E-state index in [4.69, 9.17) is 19.4 Å². The van der Waals surface area contributed by atoms with Gasteiger partial charge in [-0.1, -0.05) is 6.42 Å². The van der Waals surface area contributed by atoms with Gasteiger partial charge in [0.15, 0.2) is 11.5 Å². The standard InChI is InChI=1S/C27H34N4O2S/c1-32-21-14-18-10-13-31(16-19(18)15-22(21)33-2)26-25-20-8-4-5-9-23(20)34-27(25)29-24(28-26)17-30-11-6-3-7-12-30/h14-15H,3-13,16-17H2,1-2H3. The fourth-order valence-electron chi connectivity index (χ4n) is 5.86. The topological polar surface area (TPSA) is 50.7 Å². The van der Waals surface area contributed by atoms with Crippen LogP contribution in [0.3, 0.4) is 0 Å². The second-order valence-electron chi connectivity index (χ2n) is 9.84. The van der Waals surface area contributed by atoms with Crippen LogP contribution < -0.4 is 14.4 Å². The van der Waals surface area contributed by atoms with Crippen molar-refractivity contribution >= 4 is 27.4 Å². The van der Waals surface area contributed by atoms with E-state index in [1.54, 1.807) is 14.2 Å². The molecule has 0 unspecified atom stereocenters. The Labute approximate surface area is 205 Å². The maximum atomic E-state index is 5.61. The fourth-order valence-corrected chi connectivity index (χ4v) is 7.14. The third-order valence-electron chi connectivity index (χ3n) is 7.67. The molecule has 180 valence electrons. The predicted molar refractivity (Wildman–Crippen MR) is 137 cm³/mol. The zero-order valence-corrected chi connectivity index (χ0v) is 21.2. The number of benzene rings is 1. The van der Waals surface area contributed by atoms with Gasteiger partial charge < -0.3 is 14.4 Å². The molecular weight excluding hydrogens is 444 g/mol. The lowest BCUT2D eigenvalue weighted by Gasteiger charge is -2.32. The maximum Gasteiger partial charge on any atom is 0.161 e. The van der Waals surface area contributed by atoms with Crippen molar-refractivity contribution in [3.63, 3.8) is 0 Å². The summed E-state index contributed by atoms with van der Waals surface area (Å²) in [7, 11) is 3.42. The highest BCUT2D eigenvalue weighted by molar-refractivity contribution is 7.19. The molecule has 0 bridgehead atoms. The molecule has 0 radical (unpaired) electrons. The summed E-state index contributed by atoms with van der Waals surface area (Å²) in [4.78, 5) is 18.2. The number of nitrogens with zero attached hydrogens (tertiary/aromatic N) is 4. The Hall–Kier alpha value is -2.38. The highest BCUT2D eigenvalue weighted by Crippen LogP contribution is 2.41. The molecule has 0 atom stereocenters. The van der Waals surface area contributed by atoms with Crippen molar-refractivity contribution < 1.29 is 9.47 Å². The van der Waals surface area contributed by atoms with Gasteiger partial charge in [0.2, 0.25) is 0 Å². The number of fused-ring (bicyclic) bond motifs is 4. The van der Waals surface area contributed by atoms with Crippen LogP contribution in [0.15, 0.2) is 12.1 Å². The van der Waals surface area contributed by atoms with Crippen LogP contribution in [-0.4, -0.2) is 48.7 Å². The van der Waals surface area contributed by atoms with E-state index in [2.05, 4.69) is 21.9 Å². The zero-order valence-electron chi connectivity index (χ0n) is 20.4. The number of piperidine rings is 1. The van der Waals surface area contributed by atoms with Crippen LogP contribution in [-0.2, 0) is 32.4 Å². The lowest BCUT2D eigenvalue weighted by atomic mass is 9.95. The van der Waals surface area contributed by atoms with Crippen LogP contribution in [0.4, 0.5) is 5.82 Å². The number of ether oxygens (including phenoxy) is 2. The number of rotatable bonds is 5. The molecule has 7 heteroatoms. The monoisotopic (exact) mass is 478 g/mol. The Bertz CT molecular complexity index is 1200. The van der Waals surface area contributed by atoms with Gasteiger partial charge in [-0.05, 0) is 86.9 Å². The summed E-state index contributed by atoms with van der Waals surface area (Å²) in [5.74, 6) is 3.75. The quantitative estimate of drug-likeness (QED) is 0.506. The van der Waals surface area contributed by atoms with Crippen molar-refractivity contribution in [2.24, 2.45) is 0 Å². The molecule has 3 aromatic rings. The SMILES string of the molecule is COc1cc2c(cc1OC)CN(c1nc(CN3CCCCC3)nc3sc4c(c13)CCCC4)CC2. The first-order chi connectivity index (χ1) is 16.7. The molecule has 1 fully saturated rings. The van der Waals surface area contributed by atoms with E-state index in [0.717, 1.165) is 68.7 Å². The van der Waals surface area contributed by atoms with Crippen molar-refractivity contribution in [3.05, 3.63) is 39.5 Å². The maximum absolute atomic E-state index is 5.61. The van der Waals surface area contributed by atoms with Crippen LogP contribution in [0.25, 0.3) is 10.2 Å². The summed E-state index contributed by atoms with van der Waals surface area (Å²) in [6.07, 6.45) is 9.82.